The van der Waals surface area contributed by atoms with Crippen LogP contribution < -0.4 is 5.73 Å². The molecule has 2 N–H and O–H groups in total. The van der Waals surface area contributed by atoms with Gasteiger partial charge in [-0.3, -0.25) is 9.59 Å². The SMILES string of the molecule is Cc1ccc(C(=O)N2CCN(C(=O)C(N)c3ccccc3)CC2)s1.Cl. The predicted octanol–water partition coefficient (Wildman–Crippen LogP) is 2.46. The normalized spacial score (nSPS) is 15.4. The fourth-order valence-corrected chi connectivity index (χ4v) is 3.67. The third-order valence-corrected chi connectivity index (χ3v) is 5.24. The summed E-state index contributed by atoms with van der Waals surface area (Å²) in [6.07, 6.45) is 0. The minimum absolute atomic E-state index is 0. The minimum Gasteiger partial charge on any atom is -0.337 e. The molecule has 0 spiro atoms. The van der Waals surface area contributed by atoms with E-state index in [0.717, 1.165) is 15.3 Å². The maximum absolute atomic E-state index is 12.5. The van der Waals surface area contributed by atoms with Crippen molar-refractivity contribution in [1.29, 1.82) is 0 Å². The first kappa shape index (κ1) is 19.4. The molecular formula is C18H22ClN3O2S. The highest BCUT2D eigenvalue weighted by molar-refractivity contribution is 7.13. The Hall–Kier alpha value is -1.89. The van der Waals surface area contributed by atoms with Crippen LogP contribution in [0.4, 0.5) is 0 Å². The topological polar surface area (TPSA) is 66.6 Å². The molecule has 2 aromatic rings. The van der Waals surface area contributed by atoms with Gasteiger partial charge in [-0.05, 0) is 24.6 Å². The molecule has 1 saturated heterocycles. The van der Waals surface area contributed by atoms with Crippen molar-refractivity contribution in [3.05, 3.63) is 57.8 Å². The molecule has 7 heteroatoms. The molecule has 1 aliphatic heterocycles. The number of hydrogen-bond acceptors (Lipinski definition) is 4. The van der Waals surface area contributed by atoms with Crippen LogP contribution in [-0.4, -0.2) is 47.8 Å². The number of carbonyl (C=O) groups is 2. The number of aryl methyl sites for hydroxylation is 1. The lowest BCUT2D eigenvalue weighted by molar-refractivity contribution is -0.134. The summed E-state index contributed by atoms with van der Waals surface area (Å²) in [4.78, 5) is 30.4. The summed E-state index contributed by atoms with van der Waals surface area (Å²) in [7, 11) is 0. The van der Waals surface area contributed by atoms with E-state index in [9.17, 15) is 9.59 Å². The number of halogens is 1. The largest absolute Gasteiger partial charge is 0.337 e. The average Bonchev–Trinajstić information content (AvgIpc) is 3.07. The zero-order valence-electron chi connectivity index (χ0n) is 14.1. The Morgan fingerprint density at radius 3 is 2.16 bits per heavy atom. The predicted molar refractivity (Wildman–Crippen MR) is 102 cm³/mol. The maximum atomic E-state index is 12.5. The molecule has 1 atom stereocenters. The quantitative estimate of drug-likeness (QED) is 0.890. The number of carbonyl (C=O) groups excluding carboxylic acids is 2. The molecular weight excluding hydrogens is 358 g/mol. The van der Waals surface area contributed by atoms with Crippen LogP contribution in [0.5, 0.6) is 0 Å². The second-order valence-electron chi connectivity index (χ2n) is 5.92. The molecule has 134 valence electrons. The molecule has 3 rings (SSSR count). The highest BCUT2D eigenvalue weighted by atomic mass is 35.5. The van der Waals surface area contributed by atoms with E-state index < -0.39 is 6.04 Å². The van der Waals surface area contributed by atoms with Crippen molar-refractivity contribution in [3.63, 3.8) is 0 Å². The Labute approximate surface area is 157 Å². The lowest BCUT2D eigenvalue weighted by Gasteiger charge is -2.35. The van der Waals surface area contributed by atoms with Crippen LogP contribution in [0.15, 0.2) is 42.5 Å². The average molecular weight is 380 g/mol. The molecule has 0 radical (unpaired) electrons. The number of nitrogens with zero attached hydrogens (tertiary/aromatic N) is 2. The van der Waals surface area contributed by atoms with Crippen LogP contribution in [0, 0.1) is 6.92 Å². The number of benzene rings is 1. The van der Waals surface area contributed by atoms with Gasteiger partial charge in [-0.2, -0.15) is 0 Å². The smallest absolute Gasteiger partial charge is 0.264 e. The second kappa shape index (κ2) is 8.47. The first-order valence-corrected chi connectivity index (χ1v) is 8.83. The molecule has 1 aliphatic rings. The molecule has 1 aromatic carbocycles. The Kier molecular flexibility index (Phi) is 6.58. The van der Waals surface area contributed by atoms with Gasteiger partial charge in [0.2, 0.25) is 5.91 Å². The van der Waals surface area contributed by atoms with Crippen LogP contribution in [0.2, 0.25) is 0 Å². The van der Waals surface area contributed by atoms with E-state index in [1.165, 1.54) is 11.3 Å². The number of rotatable bonds is 3. The van der Waals surface area contributed by atoms with Gasteiger partial charge in [0.25, 0.3) is 5.91 Å². The number of thiophene rings is 1. The lowest BCUT2D eigenvalue weighted by atomic mass is 10.1. The van der Waals surface area contributed by atoms with Crippen LogP contribution in [0.1, 0.15) is 26.2 Å². The monoisotopic (exact) mass is 379 g/mol. The Morgan fingerprint density at radius 1 is 1.00 bits per heavy atom. The Balaban J connectivity index is 0.00000225. The van der Waals surface area contributed by atoms with Gasteiger partial charge in [-0.25, -0.2) is 0 Å². The maximum Gasteiger partial charge on any atom is 0.264 e. The number of nitrogens with two attached hydrogens (primary N) is 1. The van der Waals surface area contributed by atoms with Crippen LogP contribution >= 0.6 is 23.7 Å². The summed E-state index contributed by atoms with van der Waals surface area (Å²) in [5, 5.41) is 0. The lowest BCUT2D eigenvalue weighted by Crippen LogP contribution is -2.52. The van der Waals surface area contributed by atoms with Crippen molar-refractivity contribution in [1.82, 2.24) is 9.80 Å². The fraction of sp³-hybridized carbons (Fsp3) is 0.333. The summed E-state index contributed by atoms with van der Waals surface area (Å²) in [6.45, 7) is 4.13. The van der Waals surface area contributed by atoms with E-state index in [2.05, 4.69) is 0 Å². The number of piperazine rings is 1. The molecule has 2 heterocycles. The van der Waals surface area contributed by atoms with E-state index in [-0.39, 0.29) is 24.2 Å². The summed E-state index contributed by atoms with van der Waals surface area (Å²) in [5.74, 6) is -0.0344. The van der Waals surface area contributed by atoms with Gasteiger partial charge >= 0.3 is 0 Å². The summed E-state index contributed by atoms with van der Waals surface area (Å²) >= 11 is 1.51. The molecule has 0 aliphatic carbocycles. The van der Waals surface area contributed by atoms with E-state index in [0.29, 0.717) is 26.2 Å². The molecule has 1 aromatic heterocycles. The number of amides is 2. The minimum atomic E-state index is -0.645. The van der Waals surface area contributed by atoms with Crippen LogP contribution in [0.3, 0.4) is 0 Å². The molecule has 25 heavy (non-hydrogen) atoms. The van der Waals surface area contributed by atoms with Crippen molar-refractivity contribution in [3.8, 4) is 0 Å². The molecule has 1 fully saturated rings. The summed E-state index contributed by atoms with van der Waals surface area (Å²) in [5.41, 5.74) is 6.90. The highest BCUT2D eigenvalue weighted by Crippen LogP contribution is 2.19. The van der Waals surface area contributed by atoms with Gasteiger partial charge in [-0.15, -0.1) is 23.7 Å². The number of hydrogen-bond donors (Lipinski definition) is 1. The van der Waals surface area contributed by atoms with Crippen molar-refractivity contribution >= 4 is 35.6 Å². The fourth-order valence-electron chi connectivity index (χ4n) is 2.83. The van der Waals surface area contributed by atoms with E-state index in [4.69, 9.17) is 5.73 Å². The molecule has 1 unspecified atom stereocenters. The molecule has 0 saturated carbocycles. The highest BCUT2D eigenvalue weighted by Gasteiger charge is 2.28. The first-order chi connectivity index (χ1) is 11.6. The van der Waals surface area contributed by atoms with Crippen LogP contribution in [0.25, 0.3) is 0 Å². The van der Waals surface area contributed by atoms with E-state index in [1.54, 1.807) is 4.90 Å². The molecule has 0 bridgehead atoms. The zero-order valence-corrected chi connectivity index (χ0v) is 15.7. The molecule has 2 amide bonds. The van der Waals surface area contributed by atoms with Gasteiger partial charge < -0.3 is 15.5 Å². The third-order valence-electron chi connectivity index (χ3n) is 4.25. The first-order valence-electron chi connectivity index (χ1n) is 8.01. The van der Waals surface area contributed by atoms with Gasteiger partial charge in [0, 0.05) is 31.1 Å². The Bertz CT molecular complexity index is 727. The van der Waals surface area contributed by atoms with Gasteiger partial charge in [0.05, 0.1) is 4.88 Å². The standard InChI is InChI=1S/C18H21N3O2S.ClH/c1-13-7-8-15(24-13)17(22)20-9-11-21(12-10-20)18(23)16(19)14-5-3-2-4-6-14;/h2-8,16H,9-12,19H2,1H3;1H. The molecule has 5 nitrogen and oxygen atoms in total. The van der Waals surface area contributed by atoms with E-state index in [1.807, 2.05) is 54.3 Å². The van der Waals surface area contributed by atoms with E-state index >= 15 is 0 Å². The second-order valence-corrected chi connectivity index (χ2v) is 7.20. The zero-order chi connectivity index (χ0) is 17.1. The summed E-state index contributed by atoms with van der Waals surface area (Å²) in [6, 6.07) is 12.6. The van der Waals surface area contributed by atoms with Crippen LogP contribution in [-0.2, 0) is 4.79 Å². The van der Waals surface area contributed by atoms with Crippen molar-refractivity contribution < 1.29 is 9.59 Å². The van der Waals surface area contributed by atoms with Gasteiger partial charge in [-0.1, -0.05) is 30.3 Å². The summed E-state index contributed by atoms with van der Waals surface area (Å²) < 4.78 is 0. The third kappa shape index (κ3) is 4.39. The Morgan fingerprint density at radius 2 is 1.60 bits per heavy atom. The van der Waals surface area contributed by atoms with Crippen molar-refractivity contribution in [2.45, 2.75) is 13.0 Å². The van der Waals surface area contributed by atoms with Crippen molar-refractivity contribution in [2.75, 3.05) is 26.2 Å². The van der Waals surface area contributed by atoms with Gasteiger partial charge in [0.15, 0.2) is 0 Å². The van der Waals surface area contributed by atoms with Gasteiger partial charge in [0.1, 0.15) is 6.04 Å². The van der Waals surface area contributed by atoms with Crippen molar-refractivity contribution in [2.24, 2.45) is 5.73 Å².